The monoisotopic (exact) mass is 537 g/mol. The van der Waals surface area contributed by atoms with E-state index in [1.54, 1.807) is 56.5 Å². The summed E-state index contributed by atoms with van der Waals surface area (Å²) in [6.45, 7) is 1.66. The number of nitrogens with two attached hydrogens (primary N) is 1. The van der Waals surface area contributed by atoms with E-state index in [1.807, 2.05) is 36.4 Å². The van der Waals surface area contributed by atoms with E-state index in [0.29, 0.717) is 28.2 Å². The number of methoxy groups -OCH3 is 2. The molecule has 0 heterocycles. The predicted octanol–water partition coefficient (Wildman–Crippen LogP) is 5.45. The summed E-state index contributed by atoms with van der Waals surface area (Å²) in [6.07, 6.45) is 0. The lowest BCUT2D eigenvalue weighted by Crippen LogP contribution is -2.47. The average Bonchev–Trinajstić information content (AvgIpc) is 3.32. The molecule has 0 fully saturated rings. The summed E-state index contributed by atoms with van der Waals surface area (Å²) >= 11 is 0. The highest BCUT2D eigenvalue weighted by molar-refractivity contribution is 5.89. The van der Waals surface area contributed by atoms with Gasteiger partial charge in [0.2, 0.25) is 0 Å². The van der Waals surface area contributed by atoms with Gasteiger partial charge in [-0.1, -0.05) is 66.7 Å². The molecule has 4 aromatic carbocycles. The first-order valence-electron chi connectivity index (χ1n) is 13.0. The van der Waals surface area contributed by atoms with Gasteiger partial charge in [0.25, 0.3) is 0 Å². The van der Waals surface area contributed by atoms with Crippen LogP contribution in [0.5, 0.6) is 11.5 Å². The fraction of sp³-hybridized carbons (Fsp3) is 0.212. The Labute approximate surface area is 233 Å². The van der Waals surface area contributed by atoms with Crippen LogP contribution in [0, 0.1) is 0 Å². The van der Waals surface area contributed by atoms with Crippen molar-refractivity contribution >= 4 is 11.9 Å². The first-order chi connectivity index (χ1) is 19.3. The summed E-state index contributed by atoms with van der Waals surface area (Å²) in [5.74, 6) is -1.72. The van der Waals surface area contributed by atoms with Crippen molar-refractivity contribution in [1.82, 2.24) is 0 Å². The number of aliphatic carboxylic acids is 1. The number of carbonyl (C=O) groups is 2. The zero-order chi connectivity index (χ0) is 28.4. The molecule has 1 aliphatic carbocycles. The van der Waals surface area contributed by atoms with Crippen molar-refractivity contribution in [2.24, 2.45) is 5.73 Å². The fourth-order valence-corrected chi connectivity index (χ4v) is 5.40. The molecule has 4 aromatic rings. The van der Waals surface area contributed by atoms with Gasteiger partial charge in [-0.3, -0.25) is 4.79 Å². The van der Waals surface area contributed by atoms with Crippen LogP contribution in [0.15, 0.2) is 91.0 Å². The van der Waals surface area contributed by atoms with Crippen molar-refractivity contribution in [3.8, 4) is 22.6 Å². The zero-order valence-corrected chi connectivity index (χ0v) is 22.6. The minimum Gasteiger partial charge on any atom is -0.497 e. The number of ether oxygens (including phenoxy) is 3. The van der Waals surface area contributed by atoms with E-state index in [9.17, 15) is 14.7 Å². The van der Waals surface area contributed by atoms with Crippen molar-refractivity contribution < 1.29 is 28.9 Å². The zero-order valence-electron chi connectivity index (χ0n) is 22.6. The Morgan fingerprint density at radius 2 is 1.48 bits per heavy atom. The van der Waals surface area contributed by atoms with Gasteiger partial charge >= 0.3 is 11.9 Å². The number of hydrogen-bond acceptors (Lipinski definition) is 6. The summed E-state index contributed by atoms with van der Waals surface area (Å²) in [5, 5.41) is 9.64. The molecule has 1 aliphatic rings. The van der Waals surface area contributed by atoms with Gasteiger partial charge in [-0.2, -0.15) is 0 Å². The number of benzene rings is 4. The van der Waals surface area contributed by atoms with E-state index in [0.717, 1.165) is 22.3 Å². The largest absolute Gasteiger partial charge is 0.497 e. The molecule has 0 saturated carbocycles. The lowest BCUT2D eigenvalue weighted by atomic mass is 9.81. The minimum absolute atomic E-state index is 0.0789. The molecule has 2 unspecified atom stereocenters. The quantitative estimate of drug-likeness (QED) is 0.273. The first kappa shape index (κ1) is 27.0. The number of carboxylic acid groups (broad SMARTS) is 1. The lowest BCUT2D eigenvalue weighted by Gasteiger charge is -2.31. The van der Waals surface area contributed by atoms with Gasteiger partial charge in [0.05, 0.1) is 20.1 Å². The second kappa shape index (κ2) is 10.9. The van der Waals surface area contributed by atoms with E-state index < -0.39 is 23.4 Å². The van der Waals surface area contributed by atoms with Gasteiger partial charge in [-0.05, 0) is 64.6 Å². The third-order valence-corrected chi connectivity index (χ3v) is 7.73. The Kier molecular flexibility index (Phi) is 7.32. The highest BCUT2D eigenvalue weighted by Crippen LogP contribution is 2.45. The van der Waals surface area contributed by atoms with Crippen molar-refractivity contribution in [3.63, 3.8) is 0 Å². The molecule has 0 radical (unpaired) electrons. The Morgan fingerprint density at radius 3 is 2.02 bits per heavy atom. The van der Waals surface area contributed by atoms with Crippen LogP contribution in [0.1, 0.15) is 46.6 Å². The van der Waals surface area contributed by atoms with E-state index in [4.69, 9.17) is 19.9 Å². The van der Waals surface area contributed by atoms with Gasteiger partial charge in [0.15, 0.2) is 5.54 Å². The molecule has 0 saturated heterocycles. The molecule has 2 atom stereocenters. The van der Waals surface area contributed by atoms with Crippen molar-refractivity contribution in [3.05, 3.63) is 119 Å². The third-order valence-electron chi connectivity index (χ3n) is 7.73. The number of hydrogen-bond donors (Lipinski definition) is 2. The highest BCUT2D eigenvalue weighted by Gasteiger charge is 2.43. The number of esters is 1. The molecule has 40 heavy (non-hydrogen) atoms. The molecule has 5 rings (SSSR count). The molecule has 0 aliphatic heterocycles. The molecule has 3 N–H and O–H groups in total. The molecular weight excluding hydrogens is 506 g/mol. The van der Waals surface area contributed by atoms with Crippen molar-refractivity contribution in [1.29, 1.82) is 0 Å². The molecule has 0 bridgehead atoms. The van der Waals surface area contributed by atoms with E-state index in [2.05, 4.69) is 12.1 Å². The summed E-state index contributed by atoms with van der Waals surface area (Å²) in [6, 6.07) is 27.9. The smallest absolute Gasteiger partial charge is 0.335 e. The van der Waals surface area contributed by atoms with Crippen molar-refractivity contribution in [2.45, 2.75) is 24.3 Å². The summed E-state index contributed by atoms with van der Waals surface area (Å²) < 4.78 is 17.0. The van der Waals surface area contributed by atoms with Crippen LogP contribution >= 0.6 is 0 Å². The average molecular weight is 538 g/mol. The van der Waals surface area contributed by atoms with E-state index in [-0.39, 0.29) is 12.5 Å². The van der Waals surface area contributed by atoms with Crippen LogP contribution in [0.25, 0.3) is 11.1 Å². The number of carbonyl (C=O) groups excluding carboxylic acids is 1. The lowest BCUT2D eigenvalue weighted by molar-refractivity contribution is -0.149. The van der Waals surface area contributed by atoms with E-state index in [1.165, 1.54) is 7.11 Å². The highest BCUT2D eigenvalue weighted by atomic mass is 16.5. The molecular formula is C33H31NO6. The second-order valence-corrected chi connectivity index (χ2v) is 9.88. The Hall–Kier alpha value is -4.62. The topological polar surface area (TPSA) is 108 Å². The Balaban J connectivity index is 1.57. The van der Waals surface area contributed by atoms with Crippen LogP contribution in [0.2, 0.25) is 0 Å². The van der Waals surface area contributed by atoms with E-state index >= 15 is 0 Å². The van der Waals surface area contributed by atoms with Gasteiger partial charge in [0.1, 0.15) is 18.1 Å². The second-order valence-electron chi connectivity index (χ2n) is 9.88. The maximum Gasteiger partial charge on any atom is 0.335 e. The number of carboxylic acids is 1. The van der Waals surface area contributed by atoms with Crippen LogP contribution in [0.3, 0.4) is 0 Å². The third kappa shape index (κ3) is 4.58. The summed E-state index contributed by atoms with van der Waals surface area (Å²) in [7, 11) is 3.03. The molecule has 0 spiro atoms. The number of rotatable bonds is 9. The SMILES string of the molecule is COc1ccc(C(N)(C(=O)OCC2c3ccccc3-c3ccccc32)c2cc(C(C)C(=O)O)ccc2OC)cc1. The molecule has 7 nitrogen and oxygen atoms in total. The molecule has 0 amide bonds. The maximum absolute atomic E-state index is 14.1. The van der Waals surface area contributed by atoms with Crippen molar-refractivity contribution in [2.75, 3.05) is 20.8 Å². The van der Waals surface area contributed by atoms with Gasteiger partial charge < -0.3 is 25.1 Å². The number of fused-ring (bicyclic) bond motifs is 3. The Morgan fingerprint density at radius 1 is 0.875 bits per heavy atom. The van der Waals surface area contributed by atoms with Crippen LogP contribution < -0.4 is 15.2 Å². The van der Waals surface area contributed by atoms with Gasteiger partial charge in [0, 0.05) is 11.5 Å². The predicted molar refractivity (Wildman–Crippen MR) is 152 cm³/mol. The maximum atomic E-state index is 14.1. The summed E-state index contributed by atoms with van der Waals surface area (Å²) in [4.78, 5) is 25.9. The molecule has 0 aromatic heterocycles. The minimum atomic E-state index is -1.80. The summed E-state index contributed by atoms with van der Waals surface area (Å²) in [5.41, 5.74) is 10.9. The Bertz CT molecular complexity index is 1520. The molecule has 204 valence electrons. The van der Waals surface area contributed by atoms with Crippen LogP contribution in [-0.4, -0.2) is 37.9 Å². The fourth-order valence-electron chi connectivity index (χ4n) is 5.40. The van der Waals surface area contributed by atoms with Gasteiger partial charge in [-0.15, -0.1) is 0 Å². The van der Waals surface area contributed by atoms with Crippen LogP contribution in [-0.2, 0) is 19.9 Å². The van der Waals surface area contributed by atoms with Gasteiger partial charge in [-0.25, -0.2) is 4.79 Å². The standard InChI is InChI=1S/C33H31NO6/c1-20(31(35)36)21-12-17-30(39-3)29(18-21)33(34,22-13-15-23(38-2)16-14-22)32(37)40-19-28-26-10-6-4-8-24(26)25-9-5-7-11-27(25)28/h4-18,20,28H,19,34H2,1-3H3,(H,35,36). The molecule has 7 heteroatoms. The first-order valence-corrected chi connectivity index (χ1v) is 13.0. The van der Waals surface area contributed by atoms with Crippen LogP contribution in [0.4, 0.5) is 0 Å². The normalized spacial score (nSPS) is 14.4.